The van der Waals surface area contributed by atoms with E-state index in [4.69, 9.17) is 10.1 Å². The lowest BCUT2D eigenvalue weighted by molar-refractivity contribution is -0.113. The van der Waals surface area contributed by atoms with Crippen molar-refractivity contribution in [3.05, 3.63) is 106 Å². The van der Waals surface area contributed by atoms with E-state index in [-0.39, 0.29) is 5.91 Å². The normalized spacial score (nSPS) is 14.9. The maximum absolute atomic E-state index is 13.5. The van der Waals surface area contributed by atoms with Crippen LogP contribution in [0.4, 0.5) is 11.6 Å². The predicted molar refractivity (Wildman–Crippen MR) is 137 cm³/mol. The van der Waals surface area contributed by atoms with Crippen LogP contribution in [0.25, 0.3) is 0 Å². The number of benzene rings is 2. The van der Waals surface area contributed by atoms with Gasteiger partial charge in [0.25, 0.3) is 5.91 Å². The van der Waals surface area contributed by atoms with Crippen LogP contribution in [0.5, 0.6) is 0 Å². The van der Waals surface area contributed by atoms with Crippen molar-refractivity contribution in [1.82, 2.24) is 19.7 Å². The van der Waals surface area contributed by atoms with E-state index in [1.165, 1.54) is 5.56 Å². The summed E-state index contributed by atoms with van der Waals surface area (Å²) in [5, 5.41) is 11.7. The summed E-state index contributed by atoms with van der Waals surface area (Å²) in [7, 11) is 0. The summed E-state index contributed by atoms with van der Waals surface area (Å²) in [5.41, 5.74) is 4.05. The number of rotatable bonds is 6. The number of anilines is 2. The molecule has 1 atom stereocenters. The van der Waals surface area contributed by atoms with Crippen molar-refractivity contribution in [2.75, 3.05) is 10.6 Å². The van der Waals surface area contributed by atoms with Gasteiger partial charge in [-0.25, -0.2) is 4.68 Å². The Hall–Kier alpha value is -3.43. The third kappa shape index (κ3) is 4.76. The van der Waals surface area contributed by atoms with Gasteiger partial charge in [0, 0.05) is 22.1 Å². The van der Waals surface area contributed by atoms with Crippen molar-refractivity contribution in [3.8, 4) is 0 Å². The van der Waals surface area contributed by atoms with Crippen LogP contribution in [-0.4, -0.2) is 25.7 Å². The highest BCUT2D eigenvalue weighted by Gasteiger charge is 2.34. The van der Waals surface area contributed by atoms with Gasteiger partial charge in [0.15, 0.2) is 0 Å². The zero-order valence-corrected chi connectivity index (χ0v) is 20.7. The third-order valence-electron chi connectivity index (χ3n) is 5.37. The molecule has 1 aliphatic heterocycles. The largest absolute Gasteiger partial charge is 0.328 e. The van der Waals surface area contributed by atoms with Gasteiger partial charge in [0.1, 0.15) is 6.04 Å². The molecular formula is C25H21BrN6OS. The monoisotopic (exact) mass is 532 g/mol. The highest BCUT2D eigenvalue weighted by Crippen LogP contribution is 2.37. The molecule has 0 saturated heterocycles. The SMILES string of the molecule is CC1=C(C(=O)Nc2cccnc2)[C@@H](c2cccc(Br)c2)n2nc(SCc3ccccc3)nc2N1. The molecule has 1 amide bonds. The van der Waals surface area contributed by atoms with Gasteiger partial charge < -0.3 is 10.6 Å². The number of allylic oxidation sites excluding steroid dienone is 1. The van der Waals surface area contributed by atoms with E-state index in [0.717, 1.165) is 21.5 Å². The summed E-state index contributed by atoms with van der Waals surface area (Å²) in [6.45, 7) is 1.89. The van der Waals surface area contributed by atoms with E-state index in [9.17, 15) is 4.79 Å². The molecule has 0 radical (unpaired) electrons. The van der Waals surface area contributed by atoms with Crippen molar-refractivity contribution in [3.63, 3.8) is 0 Å². The molecule has 2 aromatic carbocycles. The second kappa shape index (κ2) is 9.82. The van der Waals surface area contributed by atoms with Gasteiger partial charge in [0.2, 0.25) is 11.1 Å². The minimum Gasteiger partial charge on any atom is -0.328 e. The number of carbonyl (C=O) groups is 1. The molecule has 0 spiro atoms. The summed E-state index contributed by atoms with van der Waals surface area (Å²) in [6.07, 6.45) is 3.29. The highest BCUT2D eigenvalue weighted by atomic mass is 79.9. The molecule has 2 N–H and O–H groups in total. The maximum atomic E-state index is 13.5. The average Bonchev–Trinajstić information content (AvgIpc) is 3.25. The van der Waals surface area contributed by atoms with Crippen LogP contribution in [0, 0.1) is 0 Å². The fourth-order valence-corrected chi connectivity index (χ4v) is 5.03. The standard InChI is InChI=1S/C25H21BrN6OS/c1-16-21(23(33)29-20-11-6-12-27-14-20)22(18-9-5-10-19(26)13-18)32-24(28-16)30-25(31-32)34-15-17-7-3-2-4-8-17/h2-14,22H,15H2,1H3,(H,29,33)(H,28,30,31)/t22-/m1/s1. The van der Waals surface area contributed by atoms with Crippen molar-refractivity contribution in [1.29, 1.82) is 0 Å². The van der Waals surface area contributed by atoms with Crippen LogP contribution < -0.4 is 10.6 Å². The first kappa shape index (κ1) is 22.4. The van der Waals surface area contributed by atoms with Gasteiger partial charge in [-0.3, -0.25) is 9.78 Å². The molecule has 0 unspecified atom stereocenters. The lowest BCUT2D eigenvalue weighted by atomic mass is 9.95. The van der Waals surface area contributed by atoms with E-state index >= 15 is 0 Å². The Kier molecular flexibility index (Phi) is 6.46. The van der Waals surface area contributed by atoms with Gasteiger partial charge in [-0.15, -0.1) is 5.10 Å². The number of carbonyl (C=O) groups excluding carboxylic acids is 1. The topological polar surface area (TPSA) is 84.7 Å². The fraction of sp³-hybridized carbons (Fsp3) is 0.120. The predicted octanol–water partition coefficient (Wildman–Crippen LogP) is 5.66. The molecule has 4 aromatic rings. The van der Waals surface area contributed by atoms with Crippen LogP contribution >= 0.6 is 27.7 Å². The minimum absolute atomic E-state index is 0.220. The van der Waals surface area contributed by atoms with Crippen LogP contribution in [0.2, 0.25) is 0 Å². The number of amides is 1. The van der Waals surface area contributed by atoms with E-state index in [1.807, 2.05) is 55.5 Å². The summed E-state index contributed by atoms with van der Waals surface area (Å²) < 4.78 is 2.72. The average molecular weight is 533 g/mol. The molecule has 5 rings (SSSR count). The first-order valence-corrected chi connectivity index (χ1v) is 12.4. The number of pyridine rings is 1. The summed E-state index contributed by atoms with van der Waals surface area (Å²) >= 11 is 5.12. The summed E-state index contributed by atoms with van der Waals surface area (Å²) in [6, 6.07) is 21.3. The van der Waals surface area contributed by atoms with Crippen LogP contribution in [0.15, 0.2) is 100 Å². The Morgan fingerprint density at radius 2 is 2.00 bits per heavy atom. The lowest BCUT2D eigenvalue weighted by Gasteiger charge is -2.28. The molecule has 7 nitrogen and oxygen atoms in total. The van der Waals surface area contributed by atoms with E-state index in [1.54, 1.807) is 34.9 Å². The first-order chi connectivity index (χ1) is 16.6. The van der Waals surface area contributed by atoms with Crippen molar-refractivity contribution in [2.45, 2.75) is 23.9 Å². The molecule has 9 heteroatoms. The van der Waals surface area contributed by atoms with E-state index < -0.39 is 6.04 Å². The molecule has 34 heavy (non-hydrogen) atoms. The van der Waals surface area contributed by atoms with Gasteiger partial charge in [0.05, 0.1) is 17.5 Å². The smallest absolute Gasteiger partial charge is 0.255 e. The van der Waals surface area contributed by atoms with E-state index in [2.05, 4.69) is 43.7 Å². The lowest BCUT2D eigenvalue weighted by Crippen LogP contribution is -2.31. The van der Waals surface area contributed by atoms with Gasteiger partial charge in [-0.05, 0) is 42.3 Å². The third-order valence-corrected chi connectivity index (χ3v) is 6.77. The number of nitrogens with one attached hydrogen (secondary N) is 2. The van der Waals surface area contributed by atoms with Crippen molar-refractivity contribution in [2.24, 2.45) is 0 Å². The Bertz CT molecular complexity index is 1360. The number of hydrogen-bond acceptors (Lipinski definition) is 6. The molecule has 170 valence electrons. The van der Waals surface area contributed by atoms with Crippen molar-refractivity contribution >= 4 is 45.2 Å². The Balaban J connectivity index is 1.50. The number of aromatic nitrogens is 4. The van der Waals surface area contributed by atoms with Gasteiger partial charge >= 0.3 is 0 Å². The second-order valence-corrected chi connectivity index (χ2v) is 9.61. The van der Waals surface area contributed by atoms with Crippen LogP contribution in [0.1, 0.15) is 24.1 Å². The van der Waals surface area contributed by atoms with Crippen molar-refractivity contribution < 1.29 is 4.79 Å². The highest BCUT2D eigenvalue weighted by molar-refractivity contribution is 9.10. The molecule has 1 aliphatic rings. The number of thioether (sulfide) groups is 1. The zero-order valence-electron chi connectivity index (χ0n) is 18.3. The fourth-order valence-electron chi connectivity index (χ4n) is 3.83. The molecule has 2 aromatic heterocycles. The number of halogens is 1. The molecule has 3 heterocycles. The molecule has 0 saturated carbocycles. The number of fused-ring (bicyclic) bond motifs is 1. The minimum atomic E-state index is -0.441. The van der Waals surface area contributed by atoms with E-state index in [0.29, 0.717) is 22.4 Å². The summed E-state index contributed by atoms with van der Waals surface area (Å²) in [4.78, 5) is 22.3. The Morgan fingerprint density at radius 1 is 1.15 bits per heavy atom. The molecular weight excluding hydrogens is 512 g/mol. The molecule has 0 aliphatic carbocycles. The second-order valence-electron chi connectivity index (χ2n) is 7.75. The molecule has 0 bridgehead atoms. The van der Waals surface area contributed by atoms with Gasteiger partial charge in [-0.2, -0.15) is 4.98 Å². The quantitative estimate of drug-likeness (QED) is 0.312. The van der Waals surface area contributed by atoms with Crippen LogP contribution in [0.3, 0.4) is 0 Å². The van der Waals surface area contributed by atoms with Crippen LogP contribution in [-0.2, 0) is 10.5 Å². The maximum Gasteiger partial charge on any atom is 0.255 e. The number of hydrogen-bond donors (Lipinski definition) is 2. The Morgan fingerprint density at radius 3 is 2.76 bits per heavy atom. The summed E-state index contributed by atoms with van der Waals surface area (Å²) in [5.74, 6) is 1.14. The first-order valence-electron chi connectivity index (χ1n) is 10.7. The molecule has 0 fully saturated rings. The number of nitrogens with zero attached hydrogens (tertiary/aromatic N) is 4. The zero-order chi connectivity index (χ0) is 23.5. The Labute approximate surface area is 209 Å². The van der Waals surface area contributed by atoms with Gasteiger partial charge in [-0.1, -0.05) is 70.2 Å².